The Morgan fingerprint density at radius 1 is 0.852 bits per heavy atom. The van der Waals surface area contributed by atoms with Gasteiger partial charge in [0.25, 0.3) is 0 Å². The Hall–Kier alpha value is -0.990. The SMILES string of the molecule is Cl.FC(F)(F)c1cc([C@H](C2CCCC2)N2CCNCC2)cc(C(F)(F)F)c1. The van der Waals surface area contributed by atoms with Gasteiger partial charge in [0.15, 0.2) is 0 Å². The first-order chi connectivity index (χ1) is 12.2. The molecule has 1 aliphatic heterocycles. The van der Waals surface area contributed by atoms with Gasteiger partial charge in [0.2, 0.25) is 0 Å². The summed E-state index contributed by atoms with van der Waals surface area (Å²) in [5.74, 6) is 0.0951. The first-order valence-electron chi connectivity index (χ1n) is 8.90. The van der Waals surface area contributed by atoms with E-state index in [0.29, 0.717) is 26.2 Å². The molecule has 0 bridgehead atoms. The Morgan fingerprint density at radius 3 is 1.78 bits per heavy atom. The number of hydrogen-bond donors (Lipinski definition) is 1. The average Bonchev–Trinajstić information content (AvgIpc) is 3.08. The summed E-state index contributed by atoms with van der Waals surface area (Å²) in [6, 6.07) is 1.65. The van der Waals surface area contributed by atoms with Crippen molar-refractivity contribution in [1.29, 1.82) is 0 Å². The molecule has 2 aliphatic rings. The standard InChI is InChI=1S/C18H22F6N2.ClH/c19-17(20,21)14-9-13(10-15(11-14)18(22,23)24)16(12-3-1-2-4-12)26-7-5-25-6-8-26;/h9-12,16,25H,1-8H2;1H/t16-;/m0./s1. The zero-order valence-electron chi connectivity index (χ0n) is 14.7. The zero-order valence-corrected chi connectivity index (χ0v) is 15.5. The normalized spacial score (nSPS) is 21.1. The third kappa shape index (κ3) is 5.29. The predicted octanol–water partition coefficient (Wildman–Crippen LogP) is 5.28. The van der Waals surface area contributed by atoms with E-state index in [2.05, 4.69) is 5.32 Å². The zero-order chi connectivity index (χ0) is 18.9. The number of benzene rings is 1. The molecule has 154 valence electrons. The molecule has 1 atom stereocenters. The smallest absolute Gasteiger partial charge is 0.314 e. The van der Waals surface area contributed by atoms with Crippen molar-refractivity contribution in [2.45, 2.75) is 44.1 Å². The van der Waals surface area contributed by atoms with Crippen LogP contribution in [0.1, 0.15) is 48.4 Å². The van der Waals surface area contributed by atoms with E-state index in [1.807, 2.05) is 4.90 Å². The molecule has 1 N–H and O–H groups in total. The maximum atomic E-state index is 13.2. The lowest BCUT2D eigenvalue weighted by Gasteiger charge is -2.39. The van der Waals surface area contributed by atoms with E-state index in [9.17, 15) is 26.3 Å². The number of nitrogens with one attached hydrogen (secondary N) is 1. The number of hydrogen-bond acceptors (Lipinski definition) is 2. The van der Waals surface area contributed by atoms with Crippen molar-refractivity contribution in [3.8, 4) is 0 Å². The number of piperazine rings is 1. The molecule has 1 aromatic rings. The minimum absolute atomic E-state index is 0. The van der Waals surface area contributed by atoms with Crippen molar-refractivity contribution in [1.82, 2.24) is 10.2 Å². The van der Waals surface area contributed by atoms with Crippen LogP contribution >= 0.6 is 12.4 Å². The molecular weight excluding hydrogens is 394 g/mol. The largest absolute Gasteiger partial charge is 0.416 e. The Bertz CT molecular complexity index is 587. The Balaban J connectivity index is 0.00000261. The quantitative estimate of drug-likeness (QED) is 0.674. The lowest BCUT2D eigenvalue weighted by atomic mass is 9.87. The number of alkyl halides is 6. The van der Waals surface area contributed by atoms with E-state index in [1.165, 1.54) is 0 Å². The van der Waals surface area contributed by atoms with Crippen LogP contribution in [0.15, 0.2) is 18.2 Å². The molecule has 3 rings (SSSR count). The lowest BCUT2D eigenvalue weighted by molar-refractivity contribution is -0.143. The number of halogens is 7. The van der Waals surface area contributed by atoms with Crippen LogP contribution < -0.4 is 5.32 Å². The van der Waals surface area contributed by atoms with Crippen molar-refractivity contribution in [2.24, 2.45) is 5.92 Å². The summed E-state index contributed by atoms with van der Waals surface area (Å²) in [6.07, 6.45) is -5.99. The van der Waals surface area contributed by atoms with E-state index >= 15 is 0 Å². The highest BCUT2D eigenvalue weighted by Gasteiger charge is 2.39. The topological polar surface area (TPSA) is 15.3 Å². The van der Waals surface area contributed by atoms with Gasteiger partial charge in [0.1, 0.15) is 0 Å². The summed E-state index contributed by atoms with van der Waals surface area (Å²) in [6.45, 7) is 2.63. The summed E-state index contributed by atoms with van der Waals surface area (Å²) >= 11 is 0. The molecule has 0 unspecified atom stereocenters. The third-order valence-electron chi connectivity index (χ3n) is 5.34. The molecule has 9 heteroatoms. The van der Waals surface area contributed by atoms with Crippen molar-refractivity contribution in [2.75, 3.05) is 26.2 Å². The minimum atomic E-state index is -4.81. The van der Waals surface area contributed by atoms with Gasteiger partial charge in [-0.05, 0) is 42.5 Å². The van der Waals surface area contributed by atoms with Crippen LogP contribution in [0.2, 0.25) is 0 Å². The Morgan fingerprint density at radius 2 is 1.33 bits per heavy atom. The molecule has 0 spiro atoms. The monoisotopic (exact) mass is 416 g/mol. The van der Waals surface area contributed by atoms with E-state index < -0.39 is 29.5 Å². The van der Waals surface area contributed by atoms with Gasteiger partial charge >= 0.3 is 12.4 Å². The van der Waals surface area contributed by atoms with Crippen molar-refractivity contribution in [3.63, 3.8) is 0 Å². The van der Waals surface area contributed by atoms with Gasteiger partial charge in [-0.15, -0.1) is 12.4 Å². The molecule has 1 aromatic carbocycles. The van der Waals surface area contributed by atoms with Crippen molar-refractivity contribution < 1.29 is 26.3 Å². The maximum Gasteiger partial charge on any atom is 0.416 e. The Kier molecular flexibility index (Phi) is 7.08. The van der Waals surface area contributed by atoms with E-state index in [1.54, 1.807) is 0 Å². The predicted molar refractivity (Wildman–Crippen MR) is 92.8 cm³/mol. The van der Waals surface area contributed by atoms with Gasteiger partial charge in [-0.2, -0.15) is 26.3 Å². The molecule has 0 radical (unpaired) electrons. The first kappa shape index (κ1) is 22.3. The highest BCUT2D eigenvalue weighted by Crippen LogP contribution is 2.43. The third-order valence-corrected chi connectivity index (χ3v) is 5.34. The second-order valence-electron chi connectivity index (χ2n) is 7.11. The summed E-state index contributed by atoms with van der Waals surface area (Å²) in [5, 5.41) is 3.18. The molecule has 27 heavy (non-hydrogen) atoms. The molecule has 1 saturated carbocycles. The van der Waals surface area contributed by atoms with E-state index in [4.69, 9.17) is 0 Å². The van der Waals surface area contributed by atoms with Crippen LogP contribution in [0.3, 0.4) is 0 Å². The fourth-order valence-corrected chi connectivity index (χ4v) is 4.16. The maximum absolute atomic E-state index is 13.2. The van der Waals surface area contributed by atoms with Crippen LogP contribution in [0.25, 0.3) is 0 Å². The summed E-state index contributed by atoms with van der Waals surface area (Å²) < 4.78 is 79.4. The number of nitrogens with zero attached hydrogens (tertiary/aromatic N) is 1. The molecule has 1 saturated heterocycles. The number of rotatable bonds is 3. The fourth-order valence-electron chi connectivity index (χ4n) is 4.16. The molecule has 0 amide bonds. The van der Waals surface area contributed by atoms with Gasteiger partial charge < -0.3 is 5.32 Å². The molecular formula is C18H23ClF6N2. The summed E-state index contributed by atoms with van der Waals surface area (Å²) in [5.41, 5.74) is -2.30. The molecule has 2 fully saturated rings. The molecule has 0 aromatic heterocycles. The summed E-state index contributed by atoms with van der Waals surface area (Å²) in [7, 11) is 0. The van der Waals surface area contributed by atoms with Crippen LogP contribution in [0, 0.1) is 5.92 Å². The first-order valence-corrected chi connectivity index (χ1v) is 8.90. The summed E-state index contributed by atoms with van der Waals surface area (Å²) in [4.78, 5) is 2.04. The van der Waals surface area contributed by atoms with Gasteiger partial charge in [0.05, 0.1) is 11.1 Å². The average molecular weight is 417 g/mol. The second-order valence-corrected chi connectivity index (χ2v) is 7.11. The Labute approximate surface area is 160 Å². The molecule has 1 heterocycles. The lowest BCUT2D eigenvalue weighted by Crippen LogP contribution is -2.46. The van der Waals surface area contributed by atoms with E-state index in [-0.39, 0.29) is 30.0 Å². The van der Waals surface area contributed by atoms with Crippen LogP contribution in [0.5, 0.6) is 0 Å². The van der Waals surface area contributed by atoms with Crippen LogP contribution in [-0.2, 0) is 12.4 Å². The van der Waals surface area contributed by atoms with Crippen molar-refractivity contribution in [3.05, 3.63) is 34.9 Å². The molecule has 2 nitrogen and oxygen atoms in total. The minimum Gasteiger partial charge on any atom is -0.314 e. The van der Waals surface area contributed by atoms with Gasteiger partial charge in [-0.3, -0.25) is 4.90 Å². The van der Waals surface area contributed by atoms with Crippen LogP contribution in [0.4, 0.5) is 26.3 Å². The van der Waals surface area contributed by atoms with Gasteiger partial charge in [-0.1, -0.05) is 12.8 Å². The van der Waals surface area contributed by atoms with Gasteiger partial charge in [0, 0.05) is 32.2 Å². The van der Waals surface area contributed by atoms with Crippen molar-refractivity contribution >= 4 is 12.4 Å². The second kappa shape index (κ2) is 8.57. The highest BCUT2D eigenvalue weighted by atomic mass is 35.5. The van der Waals surface area contributed by atoms with E-state index in [0.717, 1.165) is 37.8 Å². The van der Waals surface area contributed by atoms with Gasteiger partial charge in [-0.25, -0.2) is 0 Å². The molecule has 1 aliphatic carbocycles. The fraction of sp³-hybridized carbons (Fsp3) is 0.667. The highest BCUT2D eigenvalue weighted by molar-refractivity contribution is 5.85. The van der Waals surface area contributed by atoms with Crippen LogP contribution in [-0.4, -0.2) is 31.1 Å².